The molecular weight excluding hydrogens is 312 g/mol. The monoisotopic (exact) mass is 318 g/mol. The quantitative estimate of drug-likeness (QED) is 0.521. The predicted molar refractivity (Wildman–Crippen MR) is 77.4 cm³/mol. The zero-order valence-corrected chi connectivity index (χ0v) is 11.6. The molecule has 2 amide bonds. The van der Waals surface area contributed by atoms with Gasteiger partial charge in [0.25, 0.3) is 17.5 Å². The number of anilines is 1. The first-order valence-corrected chi connectivity index (χ1v) is 6.44. The van der Waals surface area contributed by atoms with E-state index in [0.717, 1.165) is 12.1 Å². The fraction of sp³-hybridized carbons (Fsp3) is 0. The number of non-ortho nitro benzene ring substituents is 1. The van der Waals surface area contributed by atoms with Gasteiger partial charge < -0.3 is 5.11 Å². The van der Waals surface area contributed by atoms with Crippen LogP contribution in [-0.2, 0) is 0 Å². The standard InChI is InChI=1S/C14H7ClN2O5/c15-10-5-7(17(21)22)6-11(12(10)18)16-13(19)8-3-1-2-4-9(8)14(16)20/h1-6,18H. The van der Waals surface area contributed by atoms with Crippen molar-refractivity contribution in [2.45, 2.75) is 0 Å². The van der Waals surface area contributed by atoms with Crippen molar-refractivity contribution in [2.75, 3.05) is 4.90 Å². The number of phenols is 1. The van der Waals surface area contributed by atoms with Crippen LogP contribution in [0.2, 0.25) is 5.02 Å². The van der Waals surface area contributed by atoms with Crippen molar-refractivity contribution in [3.05, 3.63) is 62.7 Å². The van der Waals surface area contributed by atoms with Crippen molar-refractivity contribution >= 4 is 34.8 Å². The molecule has 0 atom stereocenters. The summed E-state index contributed by atoms with van der Waals surface area (Å²) in [4.78, 5) is 35.5. The maximum absolute atomic E-state index is 12.3. The summed E-state index contributed by atoms with van der Waals surface area (Å²) in [6, 6.07) is 7.99. The zero-order chi connectivity index (χ0) is 16.0. The Kier molecular flexibility index (Phi) is 3.07. The molecule has 0 bridgehead atoms. The number of carbonyl (C=O) groups is 2. The van der Waals surface area contributed by atoms with Crippen LogP contribution >= 0.6 is 11.6 Å². The lowest BCUT2D eigenvalue weighted by Crippen LogP contribution is -2.29. The molecule has 0 saturated carbocycles. The number of aromatic hydroxyl groups is 1. The number of nitro benzene ring substituents is 1. The van der Waals surface area contributed by atoms with Gasteiger partial charge in [0.1, 0.15) is 5.69 Å². The van der Waals surface area contributed by atoms with E-state index >= 15 is 0 Å². The lowest BCUT2D eigenvalue weighted by atomic mass is 10.1. The first-order chi connectivity index (χ1) is 10.4. The van der Waals surface area contributed by atoms with E-state index < -0.39 is 28.2 Å². The molecule has 22 heavy (non-hydrogen) atoms. The molecule has 0 fully saturated rings. The fourth-order valence-electron chi connectivity index (χ4n) is 2.25. The summed E-state index contributed by atoms with van der Waals surface area (Å²) in [6.45, 7) is 0. The van der Waals surface area contributed by atoms with Crippen LogP contribution in [0, 0.1) is 10.1 Å². The highest BCUT2D eigenvalue weighted by Crippen LogP contribution is 2.41. The minimum absolute atomic E-state index is 0.162. The van der Waals surface area contributed by atoms with E-state index in [1.165, 1.54) is 12.1 Å². The van der Waals surface area contributed by atoms with E-state index in [1.54, 1.807) is 12.1 Å². The molecule has 0 saturated heterocycles. The smallest absolute Gasteiger partial charge is 0.273 e. The van der Waals surface area contributed by atoms with Crippen LogP contribution in [-0.4, -0.2) is 21.8 Å². The number of benzene rings is 2. The van der Waals surface area contributed by atoms with Crippen molar-refractivity contribution in [2.24, 2.45) is 0 Å². The molecule has 3 rings (SSSR count). The Morgan fingerprint density at radius 1 is 1.09 bits per heavy atom. The largest absolute Gasteiger partial charge is 0.504 e. The van der Waals surface area contributed by atoms with E-state index in [2.05, 4.69) is 0 Å². The number of fused-ring (bicyclic) bond motifs is 1. The van der Waals surface area contributed by atoms with Gasteiger partial charge >= 0.3 is 0 Å². The second kappa shape index (κ2) is 4.81. The second-order valence-electron chi connectivity index (χ2n) is 4.54. The van der Waals surface area contributed by atoms with Gasteiger partial charge in [0.15, 0.2) is 5.75 Å². The fourth-order valence-corrected chi connectivity index (χ4v) is 2.46. The number of imide groups is 1. The first-order valence-electron chi connectivity index (χ1n) is 6.06. The minimum atomic E-state index is -0.729. The minimum Gasteiger partial charge on any atom is -0.504 e. The topological polar surface area (TPSA) is 101 Å². The summed E-state index contributed by atoms with van der Waals surface area (Å²) in [5, 5.41) is 20.5. The van der Waals surface area contributed by atoms with Crippen LogP contribution in [0.15, 0.2) is 36.4 Å². The molecule has 1 heterocycles. The second-order valence-corrected chi connectivity index (χ2v) is 4.95. The first kappa shape index (κ1) is 14.0. The van der Waals surface area contributed by atoms with Gasteiger partial charge in [-0.15, -0.1) is 0 Å². The van der Waals surface area contributed by atoms with E-state index in [-0.39, 0.29) is 21.8 Å². The zero-order valence-electron chi connectivity index (χ0n) is 10.8. The summed E-state index contributed by atoms with van der Waals surface area (Å²) in [6.07, 6.45) is 0. The molecule has 0 unspecified atom stereocenters. The number of rotatable bonds is 2. The lowest BCUT2D eigenvalue weighted by molar-refractivity contribution is -0.384. The van der Waals surface area contributed by atoms with Gasteiger partial charge in [0.05, 0.1) is 21.1 Å². The van der Waals surface area contributed by atoms with Crippen LogP contribution < -0.4 is 4.90 Å². The van der Waals surface area contributed by atoms with Crippen LogP contribution in [0.25, 0.3) is 0 Å². The molecule has 8 heteroatoms. The summed E-state index contributed by atoms with van der Waals surface area (Å²) in [7, 11) is 0. The van der Waals surface area contributed by atoms with E-state index in [4.69, 9.17) is 11.6 Å². The van der Waals surface area contributed by atoms with Gasteiger partial charge in [-0.3, -0.25) is 19.7 Å². The average molecular weight is 319 g/mol. The molecule has 0 spiro atoms. The summed E-state index contributed by atoms with van der Waals surface area (Å²) >= 11 is 5.74. The third-order valence-corrected chi connectivity index (χ3v) is 3.56. The lowest BCUT2D eigenvalue weighted by Gasteiger charge is -2.15. The van der Waals surface area contributed by atoms with Gasteiger partial charge in [0.2, 0.25) is 0 Å². The molecule has 0 radical (unpaired) electrons. The Balaban J connectivity index is 2.20. The third-order valence-electron chi connectivity index (χ3n) is 3.27. The van der Waals surface area contributed by atoms with Gasteiger partial charge in [-0.2, -0.15) is 0 Å². The molecular formula is C14H7ClN2O5. The number of carbonyl (C=O) groups excluding carboxylic acids is 2. The van der Waals surface area contributed by atoms with Crippen molar-refractivity contribution in [1.82, 2.24) is 0 Å². The number of hydrogen-bond donors (Lipinski definition) is 1. The van der Waals surface area contributed by atoms with Crippen molar-refractivity contribution in [3.63, 3.8) is 0 Å². The number of nitrogens with zero attached hydrogens (tertiary/aromatic N) is 2. The maximum Gasteiger partial charge on any atom is 0.273 e. The van der Waals surface area contributed by atoms with Crippen molar-refractivity contribution in [1.29, 1.82) is 0 Å². The summed E-state index contributed by atoms with van der Waals surface area (Å²) < 4.78 is 0. The normalized spacial score (nSPS) is 13.4. The van der Waals surface area contributed by atoms with Crippen LogP contribution in [0.4, 0.5) is 11.4 Å². The maximum atomic E-state index is 12.3. The van der Waals surface area contributed by atoms with E-state index in [9.17, 15) is 24.8 Å². The molecule has 2 aromatic carbocycles. The summed E-state index contributed by atoms with van der Waals surface area (Å²) in [5.74, 6) is -1.92. The molecule has 0 aromatic heterocycles. The molecule has 1 aliphatic rings. The number of phenolic OH excluding ortho intramolecular Hbond substituents is 1. The number of hydrogen-bond acceptors (Lipinski definition) is 5. The van der Waals surface area contributed by atoms with Gasteiger partial charge in [-0.1, -0.05) is 23.7 Å². The Labute approximate surface area is 128 Å². The SMILES string of the molecule is O=C1c2ccccc2C(=O)N1c1cc([N+](=O)[O-])cc(Cl)c1O. The Morgan fingerprint density at radius 3 is 2.14 bits per heavy atom. The van der Waals surface area contributed by atoms with Gasteiger partial charge in [0, 0.05) is 12.1 Å². The Hall–Kier alpha value is -2.93. The molecule has 0 aliphatic carbocycles. The Bertz CT molecular complexity index is 814. The van der Waals surface area contributed by atoms with E-state index in [1.807, 2.05) is 0 Å². The number of halogens is 1. The van der Waals surface area contributed by atoms with Crippen LogP contribution in [0.3, 0.4) is 0 Å². The highest BCUT2D eigenvalue weighted by atomic mass is 35.5. The average Bonchev–Trinajstić information content (AvgIpc) is 2.74. The van der Waals surface area contributed by atoms with Crippen LogP contribution in [0.5, 0.6) is 5.75 Å². The predicted octanol–water partition coefficient (Wildman–Crippen LogP) is 2.75. The summed E-state index contributed by atoms with van der Waals surface area (Å²) in [5.41, 5.74) is -0.427. The third kappa shape index (κ3) is 1.91. The van der Waals surface area contributed by atoms with Crippen molar-refractivity contribution in [3.8, 4) is 5.75 Å². The molecule has 110 valence electrons. The number of amides is 2. The molecule has 1 aliphatic heterocycles. The highest BCUT2D eigenvalue weighted by Gasteiger charge is 2.38. The highest BCUT2D eigenvalue weighted by molar-refractivity contribution is 6.37. The number of nitro groups is 1. The van der Waals surface area contributed by atoms with Gasteiger partial charge in [-0.25, -0.2) is 4.90 Å². The van der Waals surface area contributed by atoms with Crippen LogP contribution in [0.1, 0.15) is 20.7 Å². The van der Waals surface area contributed by atoms with E-state index in [0.29, 0.717) is 4.90 Å². The Morgan fingerprint density at radius 2 is 1.64 bits per heavy atom. The van der Waals surface area contributed by atoms with Gasteiger partial charge in [-0.05, 0) is 12.1 Å². The molecule has 2 aromatic rings. The molecule has 1 N–H and O–H groups in total. The molecule has 7 nitrogen and oxygen atoms in total. The van der Waals surface area contributed by atoms with Crippen molar-refractivity contribution < 1.29 is 19.6 Å².